The zero-order chi connectivity index (χ0) is 40.0. The van der Waals surface area contributed by atoms with Crippen molar-refractivity contribution in [3.8, 4) is 0 Å². The Morgan fingerprint density at radius 1 is 1.09 bits per heavy atom. The predicted molar refractivity (Wildman–Crippen MR) is 190 cm³/mol. The van der Waals surface area contributed by atoms with Gasteiger partial charge in [0.25, 0.3) is 5.60 Å². The van der Waals surface area contributed by atoms with Crippen LogP contribution in [0.4, 0.5) is 0 Å². The van der Waals surface area contributed by atoms with E-state index >= 15 is 0 Å². The number of hydrogen-bond acceptors (Lipinski definition) is 15. The average molecular weight is 757 g/mol. The average Bonchev–Trinajstić information content (AvgIpc) is 3.67. The third-order valence-corrected chi connectivity index (χ3v) is 10.2. The van der Waals surface area contributed by atoms with Gasteiger partial charge < -0.3 is 38.6 Å². The predicted octanol–water partition coefficient (Wildman–Crippen LogP) is 2.87. The molecule has 0 aliphatic carbocycles. The summed E-state index contributed by atoms with van der Waals surface area (Å²) in [5, 5.41) is 36.5. The summed E-state index contributed by atoms with van der Waals surface area (Å²) < 4.78 is 34.1. The van der Waals surface area contributed by atoms with Crippen LogP contribution in [0.1, 0.15) is 77.8 Å². The first-order chi connectivity index (χ1) is 25.5. The van der Waals surface area contributed by atoms with Gasteiger partial charge in [0.2, 0.25) is 17.2 Å². The van der Waals surface area contributed by atoms with Crippen molar-refractivity contribution in [3.63, 3.8) is 0 Å². The van der Waals surface area contributed by atoms with Crippen LogP contribution in [0, 0.1) is 17.8 Å². The molecular weight excluding hydrogens is 704 g/mol. The summed E-state index contributed by atoms with van der Waals surface area (Å²) in [5.74, 6) is -7.06. The molecule has 4 rings (SSSR count). The van der Waals surface area contributed by atoms with E-state index < -0.39 is 71.1 Å². The van der Waals surface area contributed by atoms with E-state index in [4.69, 9.17) is 28.4 Å². The molecule has 2 N–H and O–H groups in total. The molecule has 2 aliphatic heterocycles. The van der Waals surface area contributed by atoms with E-state index in [-0.39, 0.29) is 24.7 Å². The van der Waals surface area contributed by atoms with Crippen molar-refractivity contribution in [1.29, 1.82) is 0 Å². The van der Waals surface area contributed by atoms with Crippen LogP contribution >= 0.6 is 0 Å². The van der Waals surface area contributed by atoms with Gasteiger partial charge in [-0.3, -0.25) is 4.79 Å². The van der Waals surface area contributed by atoms with Crippen LogP contribution in [-0.4, -0.2) is 104 Å². The molecule has 10 atom stereocenters. The third-order valence-electron chi connectivity index (χ3n) is 10.2. The Kier molecular flexibility index (Phi) is 13.5. The van der Waals surface area contributed by atoms with E-state index in [0.29, 0.717) is 17.9 Å². The highest BCUT2D eigenvalue weighted by molar-refractivity contribution is 5.95. The number of rotatable bonds is 17. The summed E-state index contributed by atoms with van der Waals surface area (Å²) in [6, 6.07) is 9.57. The molecule has 1 aromatic heterocycles. The number of methoxy groups -OCH3 is 2. The number of benzene rings is 1. The van der Waals surface area contributed by atoms with Gasteiger partial charge in [-0.05, 0) is 47.4 Å². The molecule has 2 fully saturated rings. The number of aliphatic hydroxyl groups excluding tert-OH is 1. The number of hydrogen-bond donors (Lipinski definition) is 2. The number of esters is 4. The number of aryl methyl sites for hydroxylation is 1. The topological polar surface area (TPSA) is 208 Å². The molecule has 296 valence electrons. The second-order valence-corrected chi connectivity index (χ2v) is 14.3. The van der Waals surface area contributed by atoms with Crippen LogP contribution in [0.25, 0.3) is 0 Å². The summed E-state index contributed by atoms with van der Waals surface area (Å²) >= 11 is 0. The lowest BCUT2D eigenvalue weighted by atomic mass is 9.74. The minimum absolute atomic E-state index is 0.0414. The summed E-state index contributed by atoms with van der Waals surface area (Å²) in [7, 11) is 3.32. The first-order valence-corrected chi connectivity index (χ1v) is 18.0. The van der Waals surface area contributed by atoms with Gasteiger partial charge in [-0.15, -0.1) is 10.2 Å². The number of fused-ring (bicyclic) bond motifs is 2. The molecule has 0 saturated carbocycles. The Morgan fingerprint density at radius 3 is 2.33 bits per heavy atom. The fourth-order valence-electron chi connectivity index (χ4n) is 7.28. The fourth-order valence-corrected chi connectivity index (χ4v) is 7.28. The zero-order valence-electron chi connectivity index (χ0n) is 32.1. The molecule has 0 unspecified atom stereocenters. The van der Waals surface area contributed by atoms with Crippen LogP contribution < -0.4 is 0 Å². The number of nitrogens with zero attached hydrogens (tertiary/aromatic N) is 4. The highest BCUT2D eigenvalue weighted by atomic mass is 16.8. The number of carbonyl (C=O) groups excluding carboxylic acids is 4. The maximum absolute atomic E-state index is 14.1. The van der Waals surface area contributed by atoms with Gasteiger partial charge in [0.1, 0.15) is 12.2 Å². The van der Waals surface area contributed by atoms with Crippen LogP contribution in [0.2, 0.25) is 0 Å². The second kappa shape index (κ2) is 17.3. The Morgan fingerprint density at radius 2 is 1.76 bits per heavy atom. The molecule has 0 amide bonds. The van der Waals surface area contributed by atoms with Gasteiger partial charge in [0, 0.05) is 25.3 Å². The largest absolute Gasteiger partial charge is 0.467 e. The number of tetrazole rings is 1. The molecule has 54 heavy (non-hydrogen) atoms. The van der Waals surface area contributed by atoms with Gasteiger partial charge in [0.05, 0.1) is 21.3 Å². The van der Waals surface area contributed by atoms with Crippen LogP contribution in [0.15, 0.2) is 54.6 Å². The number of aromatic nitrogens is 4. The van der Waals surface area contributed by atoms with Crippen molar-refractivity contribution < 1.29 is 57.8 Å². The van der Waals surface area contributed by atoms with Crippen LogP contribution in [-0.2, 0) is 61.1 Å². The first kappa shape index (κ1) is 42.2. The molecule has 2 aliphatic rings. The SMILES string of the molecule is C=C(CC[C@@]12O[C@H](c3nnn(C)n3)[C@@](O)(C(=O)OC)[C@@](C(=O)OC)(O1)[C@H](OC(=O)/C=C/[C@@H](C)C[C@@H](C)CC)[C@H]2O)[C@@H](OC(C)=O)[C@H](C)Cc1ccccc1. The smallest absolute Gasteiger partial charge is 0.346 e. The Bertz CT molecular complexity index is 1700. The molecule has 1 aromatic carbocycles. The van der Waals surface area contributed by atoms with E-state index in [1.165, 1.54) is 14.0 Å². The summed E-state index contributed by atoms with van der Waals surface area (Å²) in [6.07, 6.45) is -2.37. The quantitative estimate of drug-likeness (QED) is 0.103. The molecule has 0 spiro atoms. The van der Waals surface area contributed by atoms with Gasteiger partial charge in [-0.2, -0.15) is 4.80 Å². The van der Waals surface area contributed by atoms with Gasteiger partial charge in [-0.1, -0.05) is 77.1 Å². The molecule has 2 saturated heterocycles. The van der Waals surface area contributed by atoms with Gasteiger partial charge in [0.15, 0.2) is 12.2 Å². The van der Waals surface area contributed by atoms with E-state index in [1.54, 1.807) is 6.08 Å². The van der Waals surface area contributed by atoms with E-state index in [9.17, 15) is 29.4 Å². The minimum Gasteiger partial charge on any atom is -0.467 e. The maximum Gasteiger partial charge on any atom is 0.346 e. The van der Waals surface area contributed by atoms with Crippen molar-refractivity contribution >= 4 is 23.9 Å². The lowest BCUT2D eigenvalue weighted by Gasteiger charge is -2.50. The normalized spacial score (nSPS) is 28.4. The number of aliphatic hydroxyl groups is 2. The summed E-state index contributed by atoms with van der Waals surface area (Å²) in [4.78, 5) is 54.6. The first-order valence-electron chi connectivity index (χ1n) is 18.0. The van der Waals surface area contributed by atoms with E-state index in [0.717, 1.165) is 43.5 Å². The third kappa shape index (κ3) is 8.26. The number of carbonyl (C=O) groups is 4. The zero-order valence-corrected chi connectivity index (χ0v) is 32.1. The Balaban J connectivity index is 1.80. The van der Waals surface area contributed by atoms with Crippen LogP contribution in [0.5, 0.6) is 0 Å². The Hall–Kier alpha value is -4.51. The summed E-state index contributed by atoms with van der Waals surface area (Å²) in [6.45, 7) is 13.4. The lowest BCUT2D eigenvalue weighted by molar-refractivity contribution is -0.384. The lowest BCUT2D eigenvalue weighted by Crippen LogP contribution is -2.74. The Labute approximate surface area is 314 Å². The van der Waals surface area contributed by atoms with E-state index in [2.05, 4.69) is 35.8 Å². The molecule has 3 heterocycles. The van der Waals surface area contributed by atoms with Gasteiger partial charge >= 0.3 is 23.9 Å². The molecule has 0 radical (unpaired) electrons. The highest BCUT2D eigenvalue weighted by Gasteiger charge is 2.85. The molecule has 2 bridgehead atoms. The number of allylic oxidation sites excluding steroid dienone is 1. The van der Waals surface area contributed by atoms with E-state index in [1.807, 2.05) is 44.2 Å². The van der Waals surface area contributed by atoms with Crippen molar-refractivity contribution in [1.82, 2.24) is 20.2 Å². The van der Waals surface area contributed by atoms with Crippen LogP contribution in [0.3, 0.4) is 0 Å². The number of ether oxygens (including phenoxy) is 6. The second-order valence-electron chi connectivity index (χ2n) is 14.3. The fraction of sp³-hybridized carbons (Fsp3) is 0.605. The molecule has 2 aromatic rings. The van der Waals surface area contributed by atoms with Crippen molar-refractivity contribution in [2.45, 2.75) is 108 Å². The standard InChI is InChI=1S/C38H52N4O12/c1-10-22(2)20-23(3)16-17-28(44)52-31-30(45)36(19-18-24(4)29(51-26(6)43)25(5)21-27-14-12-11-13-15-27)53-32(33-39-41-42(7)40-33)37(48,34(46)49-8)38(31,54-36)35(47)50-9/h11-17,22-23,25,29-32,45,48H,4,10,18-21H2,1-3,5-9H3/b17-16+/t22-,23+,25+,29+,30+,31+,32+,36+,37+,38+/m0/s1. The maximum atomic E-state index is 14.1. The minimum atomic E-state index is -3.22. The van der Waals surface area contributed by atoms with Crippen molar-refractivity contribution in [2.75, 3.05) is 14.2 Å². The van der Waals surface area contributed by atoms with Crippen molar-refractivity contribution in [3.05, 3.63) is 66.0 Å². The summed E-state index contributed by atoms with van der Waals surface area (Å²) in [5.41, 5.74) is -4.83. The van der Waals surface area contributed by atoms with Gasteiger partial charge in [-0.25, -0.2) is 14.4 Å². The monoisotopic (exact) mass is 756 g/mol. The molecule has 16 nitrogen and oxygen atoms in total. The molecular formula is C38H52N4O12. The van der Waals surface area contributed by atoms with Crippen molar-refractivity contribution in [2.24, 2.45) is 24.8 Å². The molecule has 16 heteroatoms. The highest BCUT2D eigenvalue weighted by Crippen LogP contribution is 2.59.